The van der Waals surface area contributed by atoms with Gasteiger partial charge in [-0.15, -0.1) is 0 Å². The molecule has 0 fully saturated rings. The van der Waals surface area contributed by atoms with Crippen molar-refractivity contribution >= 4 is 5.97 Å². The molecule has 0 saturated heterocycles. The summed E-state index contributed by atoms with van der Waals surface area (Å²) in [4.78, 5) is 10.2. The minimum Gasteiger partial charge on any atom is -0.481 e. The molecule has 0 unspecified atom stereocenters. The zero-order valence-electron chi connectivity index (χ0n) is 6.84. The molecular formula is C7H16N2O2. The van der Waals surface area contributed by atoms with Crippen molar-refractivity contribution in [2.24, 2.45) is 5.73 Å². The minimum absolute atomic E-state index is 0.0408. The van der Waals surface area contributed by atoms with Crippen LogP contribution in [0.3, 0.4) is 0 Å². The molecule has 0 aliphatic heterocycles. The number of hydrogen-bond donors (Lipinski definition) is 3. The monoisotopic (exact) mass is 160 g/mol. The van der Waals surface area contributed by atoms with Crippen molar-refractivity contribution < 1.29 is 9.90 Å². The Morgan fingerprint density at radius 3 is 2.82 bits per heavy atom. The van der Waals surface area contributed by atoms with E-state index in [0.29, 0.717) is 6.54 Å². The summed E-state index contributed by atoms with van der Waals surface area (Å²) in [5.41, 5.74) is 5.26. The number of carboxylic acids is 1. The van der Waals surface area contributed by atoms with Crippen molar-refractivity contribution in [2.75, 3.05) is 13.1 Å². The lowest BCUT2D eigenvalue weighted by Gasteiger charge is -2.09. The Hall–Kier alpha value is -0.610. The van der Waals surface area contributed by atoms with E-state index in [1.165, 1.54) is 0 Å². The standard InChI is InChI=1S/C7H16N2O2/c1-6(5-7(10)11)9-4-2-3-8/h6,9H,2-5,8H2,1H3,(H,10,11)/t6-/m0/s1. The van der Waals surface area contributed by atoms with Gasteiger partial charge in [0.1, 0.15) is 0 Å². The van der Waals surface area contributed by atoms with Crippen LogP contribution in [0.4, 0.5) is 0 Å². The molecule has 4 nitrogen and oxygen atoms in total. The molecule has 0 aromatic rings. The van der Waals surface area contributed by atoms with Gasteiger partial charge in [0.15, 0.2) is 0 Å². The van der Waals surface area contributed by atoms with Crippen LogP contribution in [0.5, 0.6) is 0 Å². The number of carbonyl (C=O) groups is 1. The molecule has 0 heterocycles. The quantitative estimate of drug-likeness (QED) is 0.470. The summed E-state index contributed by atoms with van der Waals surface area (Å²) in [6.07, 6.45) is 1.06. The number of carboxylic acid groups (broad SMARTS) is 1. The highest BCUT2D eigenvalue weighted by molar-refractivity contribution is 5.67. The number of nitrogens with one attached hydrogen (secondary N) is 1. The van der Waals surface area contributed by atoms with Crippen molar-refractivity contribution in [1.29, 1.82) is 0 Å². The molecule has 0 bridgehead atoms. The van der Waals surface area contributed by atoms with Gasteiger partial charge in [-0.3, -0.25) is 4.79 Å². The van der Waals surface area contributed by atoms with E-state index in [1.807, 2.05) is 6.92 Å². The lowest BCUT2D eigenvalue weighted by molar-refractivity contribution is -0.137. The fourth-order valence-electron chi connectivity index (χ4n) is 0.785. The number of rotatable bonds is 6. The van der Waals surface area contributed by atoms with E-state index in [1.54, 1.807) is 0 Å². The second-order valence-corrected chi connectivity index (χ2v) is 2.60. The Morgan fingerprint density at radius 1 is 1.73 bits per heavy atom. The third-order valence-electron chi connectivity index (χ3n) is 1.35. The molecule has 1 atom stereocenters. The maximum Gasteiger partial charge on any atom is 0.304 e. The van der Waals surface area contributed by atoms with Crippen LogP contribution in [0.2, 0.25) is 0 Å². The Morgan fingerprint density at radius 2 is 2.36 bits per heavy atom. The summed E-state index contributed by atoms with van der Waals surface area (Å²) in [6.45, 7) is 3.29. The van der Waals surface area contributed by atoms with Gasteiger partial charge in [0, 0.05) is 6.04 Å². The lowest BCUT2D eigenvalue weighted by atomic mass is 10.2. The molecule has 0 saturated carbocycles. The van der Waals surface area contributed by atoms with Crippen molar-refractivity contribution in [3.63, 3.8) is 0 Å². The van der Waals surface area contributed by atoms with Crippen molar-refractivity contribution in [3.8, 4) is 0 Å². The summed E-state index contributed by atoms with van der Waals surface area (Å²) in [5, 5.41) is 11.4. The zero-order valence-corrected chi connectivity index (χ0v) is 6.84. The van der Waals surface area contributed by atoms with Crippen LogP contribution in [0.1, 0.15) is 19.8 Å². The van der Waals surface area contributed by atoms with Gasteiger partial charge in [0.05, 0.1) is 6.42 Å². The Kier molecular flexibility index (Phi) is 5.78. The first kappa shape index (κ1) is 10.4. The average molecular weight is 160 g/mol. The smallest absolute Gasteiger partial charge is 0.304 e. The van der Waals surface area contributed by atoms with E-state index in [-0.39, 0.29) is 12.5 Å². The first-order valence-electron chi connectivity index (χ1n) is 3.82. The average Bonchev–Trinajstić information content (AvgIpc) is 1.86. The fraction of sp³-hybridized carbons (Fsp3) is 0.857. The predicted octanol–water partition coefficient (Wildman–Crippen LogP) is -0.212. The highest BCUT2D eigenvalue weighted by Crippen LogP contribution is 1.89. The third kappa shape index (κ3) is 7.29. The van der Waals surface area contributed by atoms with Crippen molar-refractivity contribution in [1.82, 2.24) is 5.32 Å². The lowest BCUT2D eigenvalue weighted by Crippen LogP contribution is -2.30. The number of hydrogen-bond acceptors (Lipinski definition) is 3. The van der Waals surface area contributed by atoms with Gasteiger partial charge in [-0.05, 0) is 26.4 Å². The van der Waals surface area contributed by atoms with Gasteiger partial charge in [-0.1, -0.05) is 0 Å². The van der Waals surface area contributed by atoms with E-state index < -0.39 is 5.97 Å². The van der Waals surface area contributed by atoms with Crippen LogP contribution in [0.15, 0.2) is 0 Å². The van der Waals surface area contributed by atoms with Crippen LogP contribution in [0.25, 0.3) is 0 Å². The molecule has 4 N–H and O–H groups in total. The van der Waals surface area contributed by atoms with E-state index in [4.69, 9.17) is 10.8 Å². The SMILES string of the molecule is C[C@@H](CC(=O)O)NCCCN. The van der Waals surface area contributed by atoms with E-state index in [9.17, 15) is 4.79 Å². The minimum atomic E-state index is -0.766. The van der Waals surface area contributed by atoms with Crippen LogP contribution < -0.4 is 11.1 Å². The highest BCUT2D eigenvalue weighted by Gasteiger charge is 2.04. The van der Waals surface area contributed by atoms with E-state index in [0.717, 1.165) is 13.0 Å². The largest absolute Gasteiger partial charge is 0.481 e. The first-order chi connectivity index (χ1) is 5.16. The second-order valence-electron chi connectivity index (χ2n) is 2.60. The summed E-state index contributed by atoms with van der Waals surface area (Å²) >= 11 is 0. The van der Waals surface area contributed by atoms with Crippen LogP contribution >= 0.6 is 0 Å². The first-order valence-corrected chi connectivity index (χ1v) is 3.82. The fourth-order valence-corrected chi connectivity index (χ4v) is 0.785. The summed E-state index contributed by atoms with van der Waals surface area (Å²) in [5.74, 6) is -0.766. The maximum atomic E-state index is 10.2. The molecule has 0 radical (unpaired) electrons. The topological polar surface area (TPSA) is 75.3 Å². The molecule has 0 aromatic carbocycles. The third-order valence-corrected chi connectivity index (χ3v) is 1.35. The van der Waals surface area contributed by atoms with Crippen LogP contribution in [0, 0.1) is 0 Å². The van der Waals surface area contributed by atoms with Gasteiger partial charge >= 0.3 is 5.97 Å². The summed E-state index contributed by atoms with van der Waals surface area (Å²) < 4.78 is 0. The summed E-state index contributed by atoms with van der Waals surface area (Å²) in [7, 11) is 0. The van der Waals surface area contributed by atoms with Crippen LogP contribution in [-0.2, 0) is 4.79 Å². The molecule has 0 aromatic heterocycles. The van der Waals surface area contributed by atoms with Gasteiger partial charge in [0.2, 0.25) is 0 Å². The predicted molar refractivity (Wildman–Crippen MR) is 43.4 cm³/mol. The maximum absolute atomic E-state index is 10.2. The zero-order chi connectivity index (χ0) is 8.69. The van der Waals surface area contributed by atoms with Gasteiger partial charge in [-0.2, -0.15) is 0 Å². The van der Waals surface area contributed by atoms with Gasteiger partial charge in [-0.25, -0.2) is 0 Å². The van der Waals surface area contributed by atoms with Crippen molar-refractivity contribution in [2.45, 2.75) is 25.8 Å². The molecular weight excluding hydrogens is 144 g/mol. The summed E-state index contributed by atoms with van der Waals surface area (Å²) in [6, 6.07) is 0.0408. The van der Waals surface area contributed by atoms with Gasteiger partial charge in [0.25, 0.3) is 0 Å². The molecule has 0 spiro atoms. The highest BCUT2D eigenvalue weighted by atomic mass is 16.4. The molecule has 0 amide bonds. The number of nitrogens with two attached hydrogens (primary N) is 1. The Balaban J connectivity index is 3.22. The molecule has 11 heavy (non-hydrogen) atoms. The van der Waals surface area contributed by atoms with Crippen LogP contribution in [-0.4, -0.2) is 30.2 Å². The Labute approximate surface area is 66.8 Å². The van der Waals surface area contributed by atoms with E-state index in [2.05, 4.69) is 5.32 Å². The van der Waals surface area contributed by atoms with Gasteiger partial charge < -0.3 is 16.2 Å². The number of aliphatic carboxylic acids is 1. The van der Waals surface area contributed by atoms with E-state index >= 15 is 0 Å². The molecule has 4 heteroatoms. The molecule has 0 rings (SSSR count). The normalized spacial score (nSPS) is 12.9. The Bertz CT molecular complexity index is 117. The second kappa shape index (κ2) is 6.12. The molecule has 0 aliphatic carbocycles. The molecule has 66 valence electrons. The molecule has 0 aliphatic rings. The van der Waals surface area contributed by atoms with Crippen molar-refractivity contribution in [3.05, 3.63) is 0 Å².